The summed E-state index contributed by atoms with van der Waals surface area (Å²) in [6.45, 7) is -0.257. The largest absolute Gasteiger partial charge is 0.341 e. The fourth-order valence-corrected chi connectivity index (χ4v) is 4.25. The molecule has 134 valence electrons. The third-order valence-corrected chi connectivity index (χ3v) is 5.47. The Kier molecular flexibility index (Phi) is 5.42. The van der Waals surface area contributed by atoms with E-state index in [1.807, 2.05) is 0 Å². The van der Waals surface area contributed by atoms with E-state index in [-0.39, 0.29) is 6.61 Å². The molecule has 0 amide bonds. The highest BCUT2D eigenvalue weighted by Crippen LogP contribution is 2.48. The number of hydrogen-bond donors (Lipinski definition) is 1. The van der Waals surface area contributed by atoms with E-state index in [1.165, 1.54) is 0 Å². The van der Waals surface area contributed by atoms with Crippen LogP contribution in [0, 0.1) is 0 Å². The van der Waals surface area contributed by atoms with E-state index in [4.69, 9.17) is 42.0 Å². The Morgan fingerprint density at radius 1 is 1.17 bits per heavy atom. The van der Waals surface area contributed by atoms with Gasteiger partial charge in [-0.05, 0) is 25.0 Å². The Hall–Kier alpha value is -0.410. The lowest BCUT2D eigenvalue weighted by atomic mass is 9.94. The first kappa shape index (κ1) is 18.4. The first-order valence-electron chi connectivity index (χ1n) is 7.76. The zero-order valence-corrected chi connectivity index (χ0v) is 15.2. The number of rotatable bonds is 4. The van der Waals surface area contributed by atoms with E-state index in [1.54, 1.807) is 18.2 Å². The second-order valence-corrected chi connectivity index (χ2v) is 8.11. The molecule has 2 atom stereocenters. The summed E-state index contributed by atoms with van der Waals surface area (Å²) in [4.78, 5) is 0. The Bertz CT molecular complexity index is 686. The Morgan fingerprint density at radius 3 is 2.38 bits per heavy atom. The van der Waals surface area contributed by atoms with Gasteiger partial charge in [-0.15, -0.1) is 0 Å². The van der Waals surface area contributed by atoms with E-state index < -0.39 is 28.3 Å². The number of nitrogens with two attached hydrogens (primary N) is 1. The van der Waals surface area contributed by atoms with Crippen molar-refractivity contribution in [1.82, 2.24) is 0 Å². The van der Waals surface area contributed by atoms with E-state index >= 15 is 0 Å². The van der Waals surface area contributed by atoms with Crippen molar-refractivity contribution in [3.05, 3.63) is 33.8 Å². The predicted octanol–water partition coefficient (Wildman–Crippen LogP) is 3.33. The quantitative estimate of drug-likeness (QED) is 0.844. The molecule has 24 heavy (non-hydrogen) atoms. The molecule has 2 N–H and O–H groups in total. The molecule has 0 bridgehead atoms. The van der Waals surface area contributed by atoms with Crippen LogP contribution >= 0.6 is 23.2 Å². The second-order valence-electron chi connectivity index (χ2n) is 6.08. The van der Waals surface area contributed by atoms with E-state index in [2.05, 4.69) is 0 Å². The van der Waals surface area contributed by atoms with Crippen LogP contribution in [-0.2, 0) is 24.0 Å². The number of benzene rings is 1. The van der Waals surface area contributed by atoms with E-state index in [0.29, 0.717) is 15.6 Å². The van der Waals surface area contributed by atoms with Gasteiger partial charge in [-0.2, -0.15) is 8.42 Å². The minimum atomic E-state index is -4.08. The van der Waals surface area contributed by atoms with Gasteiger partial charge in [-0.3, -0.25) is 4.18 Å². The average Bonchev–Trinajstić information content (AvgIpc) is 2.83. The third-order valence-electron chi connectivity index (χ3n) is 4.34. The topological polar surface area (TPSA) is 87.9 Å². The second kappa shape index (κ2) is 7.07. The summed E-state index contributed by atoms with van der Waals surface area (Å²) < 4.78 is 39.3. The first-order chi connectivity index (χ1) is 11.3. The van der Waals surface area contributed by atoms with Crippen LogP contribution in [0.15, 0.2) is 18.2 Å². The molecule has 2 aliphatic rings. The highest BCUT2D eigenvalue weighted by molar-refractivity contribution is 7.84. The lowest BCUT2D eigenvalue weighted by molar-refractivity contribution is -0.196. The van der Waals surface area contributed by atoms with Crippen LogP contribution in [0.2, 0.25) is 10.0 Å². The summed E-state index contributed by atoms with van der Waals surface area (Å²) >= 11 is 12.6. The molecule has 1 heterocycles. The molecule has 1 aliphatic heterocycles. The molecular weight excluding hydrogens is 377 g/mol. The molecular formula is C15H19Cl2NO5S. The van der Waals surface area contributed by atoms with Crippen LogP contribution in [-0.4, -0.2) is 26.9 Å². The van der Waals surface area contributed by atoms with Crippen LogP contribution in [0.1, 0.15) is 43.8 Å². The Morgan fingerprint density at radius 2 is 1.79 bits per heavy atom. The van der Waals surface area contributed by atoms with E-state index in [0.717, 1.165) is 32.1 Å². The maximum atomic E-state index is 11.1. The molecule has 3 rings (SSSR count). The Balaban J connectivity index is 1.90. The van der Waals surface area contributed by atoms with Crippen molar-refractivity contribution in [2.45, 2.75) is 50.1 Å². The molecule has 6 nitrogen and oxygen atoms in total. The number of ether oxygens (including phenoxy) is 2. The predicted molar refractivity (Wildman–Crippen MR) is 90.0 cm³/mol. The summed E-state index contributed by atoms with van der Waals surface area (Å²) in [5.41, 5.74) is 0.575. The lowest BCUT2D eigenvalue weighted by Gasteiger charge is -2.32. The highest BCUT2D eigenvalue weighted by atomic mass is 35.5. The van der Waals surface area contributed by atoms with Gasteiger partial charge in [-0.25, -0.2) is 5.14 Å². The smallest absolute Gasteiger partial charge is 0.333 e. The van der Waals surface area contributed by atoms with Crippen molar-refractivity contribution in [3.8, 4) is 0 Å². The van der Waals surface area contributed by atoms with Crippen LogP contribution in [0.25, 0.3) is 0 Å². The molecule has 2 unspecified atom stereocenters. The summed E-state index contributed by atoms with van der Waals surface area (Å²) in [7, 11) is -4.08. The maximum absolute atomic E-state index is 11.1. The summed E-state index contributed by atoms with van der Waals surface area (Å²) in [5.74, 6) is -0.752. The van der Waals surface area contributed by atoms with Gasteiger partial charge in [0.2, 0.25) is 0 Å². The summed E-state index contributed by atoms with van der Waals surface area (Å²) in [6, 6.07) is 5.14. The monoisotopic (exact) mass is 395 g/mol. The van der Waals surface area contributed by atoms with Crippen LogP contribution in [0.4, 0.5) is 0 Å². The van der Waals surface area contributed by atoms with Crippen molar-refractivity contribution in [2.24, 2.45) is 5.14 Å². The normalized spacial score (nSPS) is 26.8. The minimum absolute atomic E-state index is 0.257. The molecule has 1 saturated carbocycles. The summed E-state index contributed by atoms with van der Waals surface area (Å²) in [6.07, 6.45) is 3.25. The van der Waals surface area contributed by atoms with Gasteiger partial charge in [0.15, 0.2) is 5.79 Å². The molecule has 2 fully saturated rings. The van der Waals surface area contributed by atoms with E-state index in [9.17, 15) is 8.42 Å². The van der Waals surface area contributed by atoms with Crippen molar-refractivity contribution >= 4 is 33.5 Å². The standard InChI is InChI=1S/C15H19Cl2NO5S/c16-10-5-4-6-11(17)13(10)14-12(9-21-24(18,19)20)22-15(23-14)7-2-1-3-8-15/h4-6,12,14H,1-3,7-9H2,(H2,18,19,20). The molecule has 1 aliphatic carbocycles. The summed E-state index contributed by atoms with van der Waals surface area (Å²) in [5, 5.41) is 5.80. The van der Waals surface area contributed by atoms with Gasteiger partial charge in [0, 0.05) is 28.5 Å². The maximum Gasteiger partial charge on any atom is 0.333 e. The average molecular weight is 396 g/mol. The highest BCUT2D eigenvalue weighted by Gasteiger charge is 2.49. The van der Waals surface area contributed by atoms with Crippen molar-refractivity contribution in [1.29, 1.82) is 0 Å². The van der Waals surface area contributed by atoms with Gasteiger partial charge in [0.25, 0.3) is 0 Å². The third kappa shape index (κ3) is 4.04. The molecule has 1 saturated heterocycles. The van der Waals surface area contributed by atoms with Crippen molar-refractivity contribution in [2.75, 3.05) is 6.61 Å². The molecule has 1 aromatic rings. The fourth-order valence-electron chi connectivity index (χ4n) is 3.31. The number of halogens is 2. The molecule has 1 aromatic carbocycles. The molecule has 0 aromatic heterocycles. The van der Waals surface area contributed by atoms with Gasteiger partial charge in [0.05, 0.1) is 6.61 Å². The lowest BCUT2D eigenvalue weighted by Crippen LogP contribution is -2.34. The SMILES string of the molecule is NS(=O)(=O)OCC1OC2(CCCCC2)OC1c1c(Cl)cccc1Cl. The van der Waals surface area contributed by atoms with Gasteiger partial charge in [0.1, 0.15) is 12.2 Å². The zero-order chi connectivity index (χ0) is 17.4. The van der Waals surface area contributed by atoms with Crippen molar-refractivity contribution < 1.29 is 22.1 Å². The van der Waals surface area contributed by atoms with Gasteiger partial charge in [-0.1, -0.05) is 35.7 Å². The van der Waals surface area contributed by atoms with Gasteiger partial charge >= 0.3 is 10.3 Å². The molecule has 1 spiro atoms. The first-order valence-corrected chi connectivity index (χ1v) is 9.99. The van der Waals surface area contributed by atoms with Crippen LogP contribution < -0.4 is 5.14 Å². The number of hydrogen-bond acceptors (Lipinski definition) is 5. The van der Waals surface area contributed by atoms with Crippen molar-refractivity contribution in [3.63, 3.8) is 0 Å². The Labute approximate surface area is 151 Å². The molecule has 9 heteroatoms. The minimum Gasteiger partial charge on any atom is -0.341 e. The van der Waals surface area contributed by atoms with Crippen LogP contribution in [0.5, 0.6) is 0 Å². The fraction of sp³-hybridized carbons (Fsp3) is 0.600. The molecule has 0 radical (unpaired) electrons. The van der Waals surface area contributed by atoms with Gasteiger partial charge < -0.3 is 9.47 Å². The van der Waals surface area contributed by atoms with Crippen LogP contribution in [0.3, 0.4) is 0 Å². The zero-order valence-electron chi connectivity index (χ0n) is 12.9.